The fraction of sp³-hybridized carbons (Fsp3) is 0.303. The first-order valence-electron chi connectivity index (χ1n) is 14.3. The summed E-state index contributed by atoms with van der Waals surface area (Å²) in [6.45, 7) is 7.74. The lowest BCUT2D eigenvalue weighted by molar-refractivity contribution is -0.141. The predicted octanol–water partition coefficient (Wildman–Crippen LogP) is 6.64. The van der Waals surface area contributed by atoms with Gasteiger partial charge in [-0.15, -0.1) is 0 Å². The summed E-state index contributed by atoms with van der Waals surface area (Å²) >= 11 is 6.66. The number of nitrogens with zero attached hydrogens (tertiary/aromatic N) is 3. The van der Waals surface area contributed by atoms with Gasteiger partial charge in [0.05, 0.1) is 16.6 Å². The Morgan fingerprint density at radius 1 is 1.02 bits per heavy atom. The highest BCUT2D eigenvalue weighted by Gasteiger charge is 2.28. The molecule has 0 radical (unpaired) electrons. The number of likely N-dealkylation sites (tertiary alicyclic amines) is 1. The van der Waals surface area contributed by atoms with Crippen LogP contribution in [0.5, 0.6) is 0 Å². The summed E-state index contributed by atoms with van der Waals surface area (Å²) in [6.07, 6.45) is 1.51. The Morgan fingerprint density at radius 3 is 2.38 bits per heavy atom. The van der Waals surface area contributed by atoms with Gasteiger partial charge in [0.2, 0.25) is 11.8 Å². The number of carbonyl (C=O) groups is 1. The van der Waals surface area contributed by atoms with Crippen LogP contribution in [0.15, 0.2) is 57.4 Å². The van der Waals surface area contributed by atoms with Crippen LogP contribution in [0.25, 0.3) is 45.1 Å². The normalized spacial score (nSPS) is 17.2. The molecule has 0 aliphatic carbocycles. The zero-order valence-electron chi connectivity index (χ0n) is 23.5. The second-order valence-corrected chi connectivity index (χ2v) is 11.7. The molecule has 1 saturated heterocycles. The summed E-state index contributed by atoms with van der Waals surface area (Å²) in [5, 5.41) is 13.2. The van der Waals surface area contributed by atoms with Crippen molar-refractivity contribution in [1.82, 2.24) is 20.2 Å². The van der Waals surface area contributed by atoms with Crippen LogP contribution in [0.1, 0.15) is 34.6 Å². The molecule has 2 aliphatic heterocycles. The molecule has 0 spiro atoms. The highest BCUT2D eigenvalue weighted by atomic mass is 35.5. The monoisotopic (exact) mass is 582 g/mol. The maximum Gasteiger partial charge on any atom is 0.307 e. The van der Waals surface area contributed by atoms with Gasteiger partial charge in [-0.05, 0) is 78.9 Å². The molecule has 8 nitrogen and oxygen atoms in total. The third kappa shape index (κ3) is 4.79. The third-order valence-electron chi connectivity index (χ3n) is 8.55. The molecule has 4 heterocycles. The van der Waals surface area contributed by atoms with Gasteiger partial charge in [0.25, 0.3) is 0 Å². The predicted molar refractivity (Wildman–Crippen MR) is 161 cm³/mol. The number of rotatable bonds is 6. The second-order valence-electron chi connectivity index (χ2n) is 11.3. The average molecular weight is 583 g/mol. The van der Waals surface area contributed by atoms with Crippen molar-refractivity contribution in [1.29, 1.82) is 0 Å². The fourth-order valence-corrected chi connectivity index (χ4v) is 6.52. The van der Waals surface area contributed by atoms with Crippen molar-refractivity contribution in [2.24, 2.45) is 5.92 Å². The first-order chi connectivity index (χ1) is 20.4. The number of hydrogen-bond acceptors (Lipinski definition) is 7. The first-order valence-corrected chi connectivity index (χ1v) is 14.7. The molecule has 1 fully saturated rings. The van der Waals surface area contributed by atoms with Crippen molar-refractivity contribution in [2.75, 3.05) is 19.6 Å². The van der Waals surface area contributed by atoms with E-state index in [9.17, 15) is 9.90 Å². The summed E-state index contributed by atoms with van der Waals surface area (Å²) in [5.41, 5.74) is 9.42. The fourth-order valence-electron chi connectivity index (χ4n) is 6.25. The molecule has 9 heteroatoms. The number of oxazole rings is 2. The van der Waals surface area contributed by atoms with Gasteiger partial charge in [0.1, 0.15) is 11.3 Å². The Morgan fingerprint density at radius 2 is 1.71 bits per heavy atom. The van der Waals surface area contributed by atoms with Gasteiger partial charge in [-0.1, -0.05) is 35.9 Å². The van der Waals surface area contributed by atoms with Gasteiger partial charge in [-0.2, -0.15) is 0 Å². The molecule has 2 aliphatic rings. The maximum absolute atomic E-state index is 11.4. The number of carboxylic acids is 1. The van der Waals surface area contributed by atoms with E-state index in [2.05, 4.69) is 42.3 Å². The van der Waals surface area contributed by atoms with Gasteiger partial charge in [-0.25, -0.2) is 9.97 Å². The topological polar surface area (TPSA) is 105 Å². The molecule has 2 aromatic heterocycles. The van der Waals surface area contributed by atoms with E-state index >= 15 is 0 Å². The van der Waals surface area contributed by atoms with Gasteiger partial charge in [-0.3, -0.25) is 9.69 Å². The Hall–Kier alpha value is -3.98. The van der Waals surface area contributed by atoms with E-state index < -0.39 is 5.97 Å². The van der Waals surface area contributed by atoms with E-state index in [1.165, 1.54) is 0 Å². The number of benzene rings is 3. The SMILES string of the molecule is Cc1c(-c2nc3c(o2)CCNC3)cccc1-c1cccc(-c2nc3cc(CN4CCC(C(=O)O)C4)cc(Cl)c3o2)c1C. The van der Waals surface area contributed by atoms with Crippen molar-refractivity contribution >= 4 is 28.7 Å². The second kappa shape index (κ2) is 10.7. The smallest absolute Gasteiger partial charge is 0.307 e. The number of aromatic nitrogens is 2. The van der Waals surface area contributed by atoms with Crippen molar-refractivity contribution < 1.29 is 18.7 Å². The summed E-state index contributed by atoms with van der Waals surface area (Å²) in [6, 6.07) is 16.3. The number of aliphatic carboxylic acids is 1. The largest absolute Gasteiger partial charge is 0.481 e. The molecule has 7 rings (SSSR count). The van der Waals surface area contributed by atoms with E-state index in [0.29, 0.717) is 47.4 Å². The first kappa shape index (κ1) is 26.9. The van der Waals surface area contributed by atoms with Crippen molar-refractivity contribution in [3.63, 3.8) is 0 Å². The highest BCUT2D eigenvalue weighted by Crippen LogP contribution is 2.38. The molecule has 214 valence electrons. The van der Waals surface area contributed by atoms with Crippen molar-refractivity contribution in [3.8, 4) is 34.0 Å². The molecule has 5 aromatic rings. The lowest BCUT2D eigenvalue weighted by Crippen LogP contribution is -2.22. The molecular formula is C33H31ClN4O4. The van der Waals surface area contributed by atoms with Gasteiger partial charge >= 0.3 is 5.97 Å². The van der Waals surface area contributed by atoms with Crippen LogP contribution in [0, 0.1) is 19.8 Å². The Bertz CT molecular complexity index is 1820. The van der Waals surface area contributed by atoms with E-state index in [1.807, 2.05) is 30.3 Å². The quantitative estimate of drug-likeness (QED) is 0.230. The molecule has 3 aromatic carbocycles. The lowest BCUT2D eigenvalue weighted by Gasteiger charge is -2.15. The Balaban J connectivity index is 1.21. The molecule has 0 bridgehead atoms. The average Bonchev–Trinajstić information content (AvgIpc) is 3.72. The zero-order valence-corrected chi connectivity index (χ0v) is 24.3. The van der Waals surface area contributed by atoms with Gasteiger partial charge in [0, 0.05) is 43.7 Å². The van der Waals surface area contributed by atoms with Gasteiger partial charge < -0.3 is 19.3 Å². The number of nitrogens with one attached hydrogen (secondary N) is 1. The standard InChI is InChI=1S/C33H31ClN4O4/c1-18-22(5-3-7-24(18)31-37-28-15-35-11-9-29(28)41-31)23-6-4-8-25(19(23)2)32-36-27-14-20(13-26(34)30(27)42-32)16-38-12-10-21(17-38)33(39)40/h3-8,13-14,21,35H,9-12,15-17H2,1-2H3,(H,39,40). The summed E-state index contributed by atoms with van der Waals surface area (Å²) in [5.74, 6) is 1.08. The van der Waals surface area contributed by atoms with Crippen LogP contribution in [0.3, 0.4) is 0 Å². The van der Waals surface area contributed by atoms with E-state index in [0.717, 1.165) is 76.5 Å². The number of hydrogen-bond donors (Lipinski definition) is 2. The summed E-state index contributed by atoms with van der Waals surface area (Å²) in [7, 11) is 0. The minimum atomic E-state index is -0.736. The molecular weight excluding hydrogens is 552 g/mol. The Labute approximate surface area is 248 Å². The van der Waals surface area contributed by atoms with E-state index in [-0.39, 0.29) is 5.92 Å². The van der Waals surface area contributed by atoms with Crippen LogP contribution in [0.2, 0.25) is 5.02 Å². The molecule has 2 N–H and O–H groups in total. The number of halogens is 1. The highest BCUT2D eigenvalue weighted by molar-refractivity contribution is 6.34. The summed E-state index contributed by atoms with van der Waals surface area (Å²) < 4.78 is 12.4. The summed E-state index contributed by atoms with van der Waals surface area (Å²) in [4.78, 5) is 23.2. The van der Waals surface area contributed by atoms with E-state index in [4.69, 9.17) is 30.4 Å². The molecule has 42 heavy (non-hydrogen) atoms. The molecule has 0 saturated carbocycles. The van der Waals surface area contributed by atoms with Crippen molar-refractivity contribution in [2.45, 2.75) is 39.8 Å². The zero-order chi connectivity index (χ0) is 29.0. The number of fused-ring (bicyclic) bond motifs is 2. The van der Waals surface area contributed by atoms with Crippen molar-refractivity contribution in [3.05, 3.63) is 81.7 Å². The number of carboxylic acid groups (broad SMARTS) is 1. The van der Waals surface area contributed by atoms with Crippen LogP contribution in [-0.2, 0) is 24.3 Å². The van der Waals surface area contributed by atoms with Crippen LogP contribution in [-0.4, -0.2) is 45.6 Å². The molecule has 0 amide bonds. The van der Waals surface area contributed by atoms with Gasteiger partial charge in [0.15, 0.2) is 5.58 Å². The van der Waals surface area contributed by atoms with Crippen LogP contribution >= 0.6 is 11.6 Å². The van der Waals surface area contributed by atoms with Crippen LogP contribution < -0.4 is 5.32 Å². The Kier molecular flexibility index (Phi) is 6.85. The third-order valence-corrected chi connectivity index (χ3v) is 8.83. The van der Waals surface area contributed by atoms with Crippen LogP contribution in [0.4, 0.5) is 0 Å². The minimum Gasteiger partial charge on any atom is -0.481 e. The minimum absolute atomic E-state index is 0.319. The van der Waals surface area contributed by atoms with E-state index in [1.54, 1.807) is 0 Å². The lowest BCUT2D eigenvalue weighted by atomic mass is 9.91. The molecule has 1 unspecified atom stereocenters. The maximum atomic E-state index is 11.4. The molecule has 1 atom stereocenters.